The van der Waals surface area contributed by atoms with Crippen molar-refractivity contribution in [3.8, 4) is 11.3 Å². The lowest BCUT2D eigenvalue weighted by atomic mass is 10.1. The van der Waals surface area contributed by atoms with Crippen molar-refractivity contribution in [2.24, 2.45) is 0 Å². The van der Waals surface area contributed by atoms with Crippen LogP contribution < -0.4 is 5.69 Å². The van der Waals surface area contributed by atoms with Gasteiger partial charge in [0.2, 0.25) is 0 Å². The second kappa shape index (κ2) is 4.26. The number of pyridine rings is 1. The molecule has 0 aliphatic carbocycles. The molecule has 2 aromatic rings. The molecule has 0 radical (unpaired) electrons. The van der Waals surface area contributed by atoms with Crippen LogP contribution in [0, 0.1) is 0 Å². The summed E-state index contributed by atoms with van der Waals surface area (Å²) in [6.45, 7) is 4.05. The van der Waals surface area contributed by atoms with E-state index in [9.17, 15) is 4.79 Å². The summed E-state index contributed by atoms with van der Waals surface area (Å²) >= 11 is 0. The molecule has 0 fully saturated rings. The van der Waals surface area contributed by atoms with Crippen molar-refractivity contribution in [3.05, 3.63) is 46.8 Å². The quantitative estimate of drug-likeness (QED) is 0.833. The number of hydrogen-bond donors (Lipinski definition) is 1. The number of nitrogens with zero attached hydrogens (tertiary/aromatic N) is 2. The molecule has 82 valence electrons. The van der Waals surface area contributed by atoms with Crippen LogP contribution >= 0.6 is 0 Å². The summed E-state index contributed by atoms with van der Waals surface area (Å²) in [5.74, 6) is 0.270. The maximum absolute atomic E-state index is 11.4. The highest BCUT2D eigenvalue weighted by atomic mass is 16.1. The number of hydrogen-bond acceptors (Lipinski definition) is 3. The third-order valence-corrected chi connectivity index (χ3v) is 2.34. The van der Waals surface area contributed by atoms with E-state index in [0.717, 1.165) is 11.3 Å². The van der Waals surface area contributed by atoms with Crippen LogP contribution in [0.5, 0.6) is 0 Å². The van der Waals surface area contributed by atoms with Gasteiger partial charge >= 0.3 is 5.69 Å². The fourth-order valence-corrected chi connectivity index (χ4v) is 1.45. The van der Waals surface area contributed by atoms with Gasteiger partial charge in [-0.3, -0.25) is 4.98 Å². The summed E-state index contributed by atoms with van der Waals surface area (Å²) in [7, 11) is 0. The first-order chi connectivity index (χ1) is 7.66. The maximum Gasteiger partial charge on any atom is 0.345 e. The van der Waals surface area contributed by atoms with Crippen LogP contribution in [0.3, 0.4) is 0 Å². The van der Waals surface area contributed by atoms with Gasteiger partial charge in [0.05, 0.1) is 5.69 Å². The number of rotatable bonds is 2. The highest BCUT2D eigenvalue weighted by molar-refractivity contribution is 5.57. The van der Waals surface area contributed by atoms with Crippen molar-refractivity contribution in [3.63, 3.8) is 0 Å². The lowest BCUT2D eigenvalue weighted by Gasteiger charge is -2.06. The van der Waals surface area contributed by atoms with Gasteiger partial charge in [-0.25, -0.2) is 4.79 Å². The van der Waals surface area contributed by atoms with E-state index in [0.29, 0.717) is 5.69 Å². The highest BCUT2D eigenvalue weighted by Gasteiger charge is 2.06. The molecule has 0 aliphatic rings. The third kappa shape index (κ3) is 2.16. The lowest BCUT2D eigenvalue weighted by molar-refractivity contribution is 0.803. The van der Waals surface area contributed by atoms with Crippen LogP contribution in [-0.2, 0) is 0 Å². The first-order valence-electron chi connectivity index (χ1n) is 5.18. The minimum Gasteiger partial charge on any atom is -0.310 e. The van der Waals surface area contributed by atoms with E-state index in [1.807, 2.05) is 32.0 Å². The van der Waals surface area contributed by atoms with E-state index in [1.165, 1.54) is 0 Å². The first kappa shape index (κ1) is 10.5. The second-order valence-electron chi connectivity index (χ2n) is 3.92. The van der Waals surface area contributed by atoms with Crippen LogP contribution in [0.2, 0.25) is 0 Å². The number of aromatic nitrogens is 3. The van der Waals surface area contributed by atoms with Crippen LogP contribution in [0.25, 0.3) is 11.3 Å². The molecule has 1 N–H and O–H groups in total. The smallest absolute Gasteiger partial charge is 0.310 e. The van der Waals surface area contributed by atoms with E-state index in [-0.39, 0.29) is 11.6 Å². The molecule has 2 aromatic heterocycles. The molecule has 2 heterocycles. The Bertz CT molecular complexity index is 531. The Morgan fingerprint density at radius 1 is 1.38 bits per heavy atom. The van der Waals surface area contributed by atoms with E-state index in [1.54, 1.807) is 12.4 Å². The van der Waals surface area contributed by atoms with Crippen molar-refractivity contribution < 1.29 is 0 Å². The normalized spacial score (nSPS) is 10.7. The lowest BCUT2D eigenvalue weighted by Crippen LogP contribution is -2.14. The molecular formula is C12H13N3O. The van der Waals surface area contributed by atoms with Crippen LogP contribution in [0.15, 0.2) is 35.4 Å². The van der Waals surface area contributed by atoms with E-state index in [4.69, 9.17) is 0 Å². The molecule has 0 saturated heterocycles. The summed E-state index contributed by atoms with van der Waals surface area (Å²) in [5, 5.41) is 0. The molecular weight excluding hydrogens is 202 g/mol. The summed E-state index contributed by atoms with van der Waals surface area (Å²) in [5.41, 5.74) is 2.10. The highest BCUT2D eigenvalue weighted by Crippen LogP contribution is 2.17. The van der Waals surface area contributed by atoms with Gasteiger partial charge < -0.3 is 4.98 Å². The molecule has 0 unspecified atom stereocenters. The number of aromatic amines is 1. The largest absolute Gasteiger partial charge is 0.345 e. The summed E-state index contributed by atoms with van der Waals surface area (Å²) in [6, 6.07) is 5.61. The van der Waals surface area contributed by atoms with Gasteiger partial charge in [-0.05, 0) is 24.1 Å². The van der Waals surface area contributed by atoms with Crippen molar-refractivity contribution >= 4 is 0 Å². The minimum atomic E-state index is -0.315. The predicted molar refractivity (Wildman–Crippen MR) is 62.2 cm³/mol. The fourth-order valence-electron chi connectivity index (χ4n) is 1.45. The van der Waals surface area contributed by atoms with E-state index in [2.05, 4.69) is 15.0 Å². The molecule has 2 rings (SSSR count). The zero-order valence-electron chi connectivity index (χ0n) is 9.27. The zero-order valence-corrected chi connectivity index (χ0v) is 9.27. The molecule has 0 bridgehead atoms. The fraction of sp³-hybridized carbons (Fsp3) is 0.250. The third-order valence-electron chi connectivity index (χ3n) is 2.34. The molecule has 0 atom stereocenters. The van der Waals surface area contributed by atoms with Gasteiger partial charge in [0, 0.05) is 23.7 Å². The SMILES string of the molecule is CC(C)c1cc(-c2cccnc2)nc(=O)[nH]1. The zero-order chi connectivity index (χ0) is 11.5. The second-order valence-corrected chi connectivity index (χ2v) is 3.92. The number of nitrogens with one attached hydrogen (secondary N) is 1. The van der Waals surface area contributed by atoms with Gasteiger partial charge in [-0.15, -0.1) is 0 Å². The van der Waals surface area contributed by atoms with Crippen LogP contribution in [0.4, 0.5) is 0 Å². The topological polar surface area (TPSA) is 58.6 Å². The molecule has 0 saturated carbocycles. The summed E-state index contributed by atoms with van der Waals surface area (Å²) in [4.78, 5) is 22.1. The van der Waals surface area contributed by atoms with Gasteiger partial charge in [0.1, 0.15) is 0 Å². The Labute approximate surface area is 93.4 Å². The van der Waals surface area contributed by atoms with E-state index < -0.39 is 0 Å². The average Bonchev–Trinajstić information content (AvgIpc) is 2.29. The molecule has 4 heteroatoms. The van der Waals surface area contributed by atoms with E-state index >= 15 is 0 Å². The molecule has 4 nitrogen and oxygen atoms in total. The first-order valence-corrected chi connectivity index (χ1v) is 5.18. The predicted octanol–water partition coefficient (Wildman–Crippen LogP) is 1.96. The summed E-state index contributed by atoms with van der Waals surface area (Å²) in [6.07, 6.45) is 3.39. The molecule has 0 spiro atoms. The van der Waals surface area contributed by atoms with Gasteiger partial charge in [0.15, 0.2) is 0 Å². The Kier molecular flexibility index (Phi) is 2.81. The van der Waals surface area contributed by atoms with Gasteiger partial charge in [0.25, 0.3) is 0 Å². The molecule has 16 heavy (non-hydrogen) atoms. The molecule has 0 amide bonds. The van der Waals surface area contributed by atoms with Crippen molar-refractivity contribution in [1.82, 2.24) is 15.0 Å². The van der Waals surface area contributed by atoms with Crippen molar-refractivity contribution in [2.45, 2.75) is 19.8 Å². The number of H-pyrrole nitrogens is 1. The van der Waals surface area contributed by atoms with Crippen molar-refractivity contribution in [2.75, 3.05) is 0 Å². The molecule has 0 aliphatic heterocycles. The Balaban J connectivity index is 2.54. The Morgan fingerprint density at radius 2 is 2.19 bits per heavy atom. The minimum absolute atomic E-state index is 0.270. The standard InChI is InChI=1S/C12H13N3O/c1-8(2)10-6-11(15-12(16)14-10)9-4-3-5-13-7-9/h3-8H,1-2H3,(H,14,15,16). The Hall–Kier alpha value is -1.97. The monoisotopic (exact) mass is 215 g/mol. The summed E-state index contributed by atoms with van der Waals surface area (Å²) < 4.78 is 0. The van der Waals surface area contributed by atoms with Crippen molar-refractivity contribution in [1.29, 1.82) is 0 Å². The van der Waals surface area contributed by atoms with Crippen LogP contribution in [-0.4, -0.2) is 15.0 Å². The van der Waals surface area contributed by atoms with Gasteiger partial charge in [-0.2, -0.15) is 4.98 Å². The molecule has 0 aromatic carbocycles. The average molecular weight is 215 g/mol. The Morgan fingerprint density at radius 3 is 2.81 bits per heavy atom. The maximum atomic E-state index is 11.4. The van der Waals surface area contributed by atoms with Crippen LogP contribution in [0.1, 0.15) is 25.5 Å². The van der Waals surface area contributed by atoms with Gasteiger partial charge in [-0.1, -0.05) is 13.8 Å².